The smallest absolute Gasteiger partial charge is 0.242 e. The molecular weight excluding hydrogens is 248 g/mol. The first-order valence-electron chi connectivity index (χ1n) is 8.66. The molecule has 3 heteroatoms. The highest BCUT2D eigenvalue weighted by Gasteiger charge is 2.44. The highest BCUT2D eigenvalue weighted by atomic mass is 16.2. The molecule has 2 heterocycles. The summed E-state index contributed by atoms with van der Waals surface area (Å²) in [5, 5.41) is 3.53. The number of hydrogen-bond donors (Lipinski definition) is 1. The number of carbonyl (C=O) groups is 1. The molecule has 0 bridgehead atoms. The molecule has 2 saturated heterocycles. The molecule has 2 fully saturated rings. The number of likely N-dealkylation sites (tertiary alicyclic amines) is 1. The van der Waals surface area contributed by atoms with E-state index in [0.717, 1.165) is 45.3 Å². The maximum absolute atomic E-state index is 13.0. The Balaban J connectivity index is 2.00. The summed E-state index contributed by atoms with van der Waals surface area (Å²) in [5.74, 6) is 0.387. The third kappa shape index (κ3) is 2.88. The number of rotatable bonds is 5. The van der Waals surface area contributed by atoms with Crippen LogP contribution in [0.15, 0.2) is 0 Å². The molecule has 1 unspecified atom stereocenters. The van der Waals surface area contributed by atoms with E-state index in [4.69, 9.17) is 0 Å². The van der Waals surface area contributed by atoms with Crippen LogP contribution in [0.1, 0.15) is 72.1 Å². The summed E-state index contributed by atoms with van der Waals surface area (Å²) in [6.07, 6.45) is 9.14. The van der Waals surface area contributed by atoms with Gasteiger partial charge in [-0.25, -0.2) is 0 Å². The van der Waals surface area contributed by atoms with Crippen LogP contribution in [0.5, 0.6) is 0 Å². The summed E-state index contributed by atoms with van der Waals surface area (Å²) in [6, 6.07) is 0. The number of carbonyl (C=O) groups excluding carboxylic acids is 1. The lowest BCUT2D eigenvalue weighted by molar-refractivity contribution is -0.140. The van der Waals surface area contributed by atoms with Crippen LogP contribution in [0.25, 0.3) is 0 Å². The van der Waals surface area contributed by atoms with Crippen LogP contribution in [0.3, 0.4) is 0 Å². The molecule has 0 aromatic rings. The summed E-state index contributed by atoms with van der Waals surface area (Å²) in [4.78, 5) is 15.1. The SMILES string of the molecule is CCCC1(C(=O)N2CCC(CC)(CC)CC2)CCCN1. The molecule has 0 aromatic carbocycles. The van der Waals surface area contributed by atoms with Gasteiger partial charge in [-0.15, -0.1) is 0 Å². The monoisotopic (exact) mass is 280 g/mol. The van der Waals surface area contributed by atoms with Crippen molar-refractivity contribution >= 4 is 5.91 Å². The highest BCUT2D eigenvalue weighted by molar-refractivity contribution is 5.86. The van der Waals surface area contributed by atoms with Crippen LogP contribution in [-0.4, -0.2) is 36.0 Å². The van der Waals surface area contributed by atoms with Crippen LogP contribution in [-0.2, 0) is 4.79 Å². The van der Waals surface area contributed by atoms with Gasteiger partial charge in [0.25, 0.3) is 0 Å². The predicted molar refractivity (Wildman–Crippen MR) is 83.7 cm³/mol. The Morgan fingerprint density at radius 3 is 2.20 bits per heavy atom. The Labute approximate surface area is 124 Å². The van der Waals surface area contributed by atoms with Gasteiger partial charge in [-0.05, 0) is 44.1 Å². The van der Waals surface area contributed by atoms with Gasteiger partial charge < -0.3 is 10.2 Å². The van der Waals surface area contributed by atoms with Gasteiger partial charge in [-0.2, -0.15) is 0 Å². The second kappa shape index (κ2) is 6.46. The number of piperidine rings is 1. The van der Waals surface area contributed by atoms with Gasteiger partial charge in [0.1, 0.15) is 0 Å². The molecule has 20 heavy (non-hydrogen) atoms. The Kier molecular flexibility index (Phi) is 5.11. The lowest BCUT2D eigenvalue weighted by Gasteiger charge is -2.44. The molecule has 0 saturated carbocycles. The minimum absolute atomic E-state index is 0.229. The Bertz CT molecular complexity index is 320. The number of hydrogen-bond acceptors (Lipinski definition) is 2. The molecule has 0 aromatic heterocycles. The molecule has 2 aliphatic rings. The van der Waals surface area contributed by atoms with Crippen LogP contribution < -0.4 is 5.32 Å². The third-order valence-corrected chi connectivity index (χ3v) is 5.94. The van der Waals surface area contributed by atoms with Gasteiger partial charge in [-0.1, -0.05) is 40.0 Å². The maximum Gasteiger partial charge on any atom is 0.242 e. The standard InChI is InChI=1S/C17H32N2O/c1-4-8-17(9-7-12-18-17)15(20)19-13-10-16(5-2,6-3)11-14-19/h18H,4-14H2,1-3H3. The second-order valence-corrected chi connectivity index (χ2v) is 6.86. The fourth-order valence-corrected chi connectivity index (χ4v) is 4.18. The van der Waals surface area contributed by atoms with Crippen LogP contribution in [0.4, 0.5) is 0 Å². The molecule has 3 nitrogen and oxygen atoms in total. The van der Waals surface area contributed by atoms with Crippen LogP contribution in [0, 0.1) is 5.41 Å². The van der Waals surface area contributed by atoms with Gasteiger partial charge in [0.05, 0.1) is 5.54 Å². The van der Waals surface area contributed by atoms with Crippen molar-refractivity contribution in [1.82, 2.24) is 10.2 Å². The first kappa shape index (κ1) is 15.8. The predicted octanol–water partition coefficient (Wildman–Crippen LogP) is 3.34. The van der Waals surface area contributed by atoms with Crippen molar-refractivity contribution in [3.8, 4) is 0 Å². The molecule has 0 aliphatic carbocycles. The maximum atomic E-state index is 13.0. The minimum atomic E-state index is -0.229. The average Bonchev–Trinajstić information content (AvgIpc) is 2.97. The summed E-state index contributed by atoms with van der Waals surface area (Å²) >= 11 is 0. The van der Waals surface area contributed by atoms with Crippen molar-refractivity contribution in [2.45, 2.75) is 77.7 Å². The van der Waals surface area contributed by atoms with E-state index < -0.39 is 0 Å². The molecule has 2 aliphatic heterocycles. The van der Waals surface area contributed by atoms with E-state index >= 15 is 0 Å². The lowest BCUT2D eigenvalue weighted by atomic mass is 9.74. The highest BCUT2D eigenvalue weighted by Crippen LogP contribution is 2.39. The van der Waals surface area contributed by atoms with Crippen molar-refractivity contribution in [2.24, 2.45) is 5.41 Å². The molecule has 116 valence electrons. The fourth-order valence-electron chi connectivity index (χ4n) is 4.18. The third-order valence-electron chi connectivity index (χ3n) is 5.94. The zero-order chi connectivity index (χ0) is 14.6. The molecule has 2 rings (SSSR count). The van der Waals surface area contributed by atoms with Crippen molar-refractivity contribution in [1.29, 1.82) is 0 Å². The Morgan fingerprint density at radius 1 is 1.10 bits per heavy atom. The number of nitrogens with one attached hydrogen (secondary N) is 1. The van der Waals surface area contributed by atoms with Crippen LogP contribution in [0.2, 0.25) is 0 Å². The fraction of sp³-hybridized carbons (Fsp3) is 0.941. The van der Waals surface area contributed by atoms with E-state index in [0.29, 0.717) is 11.3 Å². The van der Waals surface area contributed by atoms with E-state index in [9.17, 15) is 4.79 Å². The van der Waals surface area contributed by atoms with Gasteiger partial charge in [-0.3, -0.25) is 4.79 Å². The molecule has 1 N–H and O–H groups in total. The second-order valence-electron chi connectivity index (χ2n) is 6.86. The van der Waals surface area contributed by atoms with E-state index in [1.807, 2.05) is 0 Å². The molecule has 0 spiro atoms. The Morgan fingerprint density at radius 2 is 1.75 bits per heavy atom. The molecular formula is C17H32N2O. The van der Waals surface area contributed by atoms with Gasteiger partial charge in [0, 0.05) is 13.1 Å². The van der Waals surface area contributed by atoms with E-state index in [2.05, 4.69) is 31.0 Å². The lowest BCUT2D eigenvalue weighted by Crippen LogP contribution is -2.57. The summed E-state index contributed by atoms with van der Waals surface area (Å²) in [6.45, 7) is 9.73. The van der Waals surface area contributed by atoms with E-state index in [1.165, 1.54) is 25.7 Å². The van der Waals surface area contributed by atoms with Crippen LogP contribution >= 0.6 is 0 Å². The summed E-state index contributed by atoms with van der Waals surface area (Å²) in [5.41, 5.74) is 0.269. The summed E-state index contributed by atoms with van der Waals surface area (Å²) < 4.78 is 0. The zero-order valence-corrected chi connectivity index (χ0v) is 13.6. The van der Waals surface area contributed by atoms with E-state index in [1.54, 1.807) is 0 Å². The van der Waals surface area contributed by atoms with Gasteiger partial charge in [0.2, 0.25) is 5.91 Å². The molecule has 1 atom stereocenters. The Hall–Kier alpha value is -0.570. The van der Waals surface area contributed by atoms with Gasteiger partial charge in [0.15, 0.2) is 0 Å². The van der Waals surface area contributed by atoms with Crippen molar-refractivity contribution in [2.75, 3.05) is 19.6 Å². The quantitative estimate of drug-likeness (QED) is 0.837. The largest absolute Gasteiger partial charge is 0.341 e. The van der Waals surface area contributed by atoms with Crippen molar-refractivity contribution in [3.05, 3.63) is 0 Å². The zero-order valence-electron chi connectivity index (χ0n) is 13.6. The molecule has 0 radical (unpaired) electrons. The van der Waals surface area contributed by atoms with Crippen molar-refractivity contribution < 1.29 is 4.79 Å². The minimum Gasteiger partial charge on any atom is -0.341 e. The number of nitrogens with zero attached hydrogens (tertiary/aromatic N) is 1. The summed E-state index contributed by atoms with van der Waals surface area (Å²) in [7, 11) is 0. The molecule has 1 amide bonds. The van der Waals surface area contributed by atoms with E-state index in [-0.39, 0.29) is 5.54 Å². The van der Waals surface area contributed by atoms with Crippen molar-refractivity contribution in [3.63, 3.8) is 0 Å². The van der Waals surface area contributed by atoms with Gasteiger partial charge >= 0.3 is 0 Å². The average molecular weight is 280 g/mol. The first-order valence-corrected chi connectivity index (χ1v) is 8.66. The topological polar surface area (TPSA) is 32.3 Å². The normalized spacial score (nSPS) is 29.6. The number of amides is 1. The first-order chi connectivity index (χ1) is 9.61.